The molecule has 4 saturated heterocycles. The molecule has 28 heavy (non-hydrogen) atoms. The first kappa shape index (κ1) is 19.3. The zero-order valence-corrected chi connectivity index (χ0v) is 16.5. The van der Waals surface area contributed by atoms with Crippen LogP contribution in [0.15, 0.2) is 18.6 Å². The molecule has 0 N–H and O–H groups in total. The highest BCUT2D eigenvalue weighted by atomic mass is 16.5. The maximum atomic E-state index is 12.8. The molecule has 2 atom stereocenters. The van der Waals surface area contributed by atoms with Crippen molar-refractivity contribution in [3.05, 3.63) is 24.3 Å². The predicted octanol–water partition coefficient (Wildman–Crippen LogP) is 0.650. The highest BCUT2D eigenvalue weighted by Gasteiger charge is 2.42. The summed E-state index contributed by atoms with van der Waals surface area (Å²) in [6.45, 7) is 4.53. The van der Waals surface area contributed by atoms with E-state index in [0.717, 1.165) is 51.9 Å². The third-order valence-electron chi connectivity index (χ3n) is 6.41. The summed E-state index contributed by atoms with van der Waals surface area (Å²) < 4.78 is 5.20. The summed E-state index contributed by atoms with van der Waals surface area (Å²) in [5.74, 6) is 0.365. The Bertz CT molecular complexity index is 692. The quantitative estimate of drug-likeness (QED) is 0.738. The molecule has 4 aliphatic heterocycles. The lowest BCUT2D eigenvalue weighted by atomic mass is 9.94. The molecule has 0 aromatic carbocycles. The number of aromatic nitrogens is 2. The average Bonchev–Trinajstić information content (AvgIpc) is 3.04. The third kappa shape index (κ3) is 3.89. The Labute approximate surface area is 165 Å². The van der Waals surface area contributed by atoms with Crippen LogP contribution in [0.1, 0.15) is 36.2 Å². The molecule has 8 nitrogen and oxygen atoms in total. The van der Waals surface area contributed by atoms with Crippen LogP contribution in [0.4, 0.5) is 0 Å². The van der Waals surface area contributed by atoms with Gasteiger partial charge >= 0.3 is 0 Å². The van der Waals surface area contributed by atoms with Gasteiger partial charge in [-0.1, -0.05) is 0 Å². The first-order chi connectivity index (χ1) is 13.7. The van der Waals surface area contributed by atoms with E-state index in [1.165, 1.54) is 6.20 Å². The first-order valence-electron chi connectivity index (χ1n) is 10.3. The zero-order chi connectivity index (χ0) is 19.5. The molecule has 2 amide bonds. The highest BCUT2D eigenvalue weighted by molar-refractivity contribution is 5.92. The fourth-order valence-corrected chi connectivity index (χ4v) is 4.86. The largest absolute Gasteiger partial charge is 0.383 e. The smallest absolute Gasteiger partial charge is 0.274 e. The van der Waals surface area contributed by atoms with Crippen molar-refractivity contribution in [3.8, 4) is 0 Å². The maximum absolute atomic E-state index is 12.8. The average molecular weight is 387 g/mol. The number of likely N-dealkylation sites (tertiary alicyclic amines) is 1. The molecule has 0 unspecified atom stereocenters. The number of hydrogen-bond acceptors (Lipinski definition) is 6. The van der Waals surface area contributed by atoms with E-state index in [-0.39, 0.29) is 11.8 Å². The molecule has 1 aromatic rings. The van der Waals surface area contributed by atoms with Crippen molar-refractivity contribution in [1.82, 2.24) is 24.7 Å². The normalized spacial score (nSPS) is 26.5. The number of piperidine rings is 2. The lowest BCUT2D eigenvalue weighted by molar-refractivity contribution is -0.140. The Balaban J connectivity index is 1.36. The molecule has 152 valence electrons. The van der Waals surface area contributed by atoms with Gasteiger partial charge in [0.05, 0.1) is 18.7 Å². The summed E-state index contributed by atoms with van der Waals surface area (Å²) in [6.07, 6.45) is 8.62. The minimum absolute atomic E-state index is 0.0385. The molecular formula is C20H29N5O3. The minimum Gasteiger partial charge on any atom is -0.383 e. The molecule has 8 heteroatoms. The van der Waals surface area contributed by atoms with Gasteiger partial charge in [0.15, 0.2) is 0 Å². The van der Waals surface area contributed by atoms with Gasteiger partial charge in [-0.05, 0) is 25.7 Å². The molecule has 0 saturated carbocycles. The van der Waals surface area contributed by atoms with Crippen molar-refractivity contribution in [3.63, 3.8) is 0 Å². The van der Waals surface area contributed by atoms with Gasteiger partial charge in [0.2, 0.25) is 5.91 Å². The lowest BCUT2D eigenvalue weighted by Crippen LogP contribution is -2.50. The standard InChI is InChI=1S/C20H29N5O3/c1-28-11-10-25-17-3-2-15(19(25)26)13-24(14-17)16-4-8-23(9-5-16)20(27)18-12-21-6-7-22-18/h6-7,12,15-17H,2-5,8-11,13-14H2,1H3/t15-,17+/m1/s1. The molecule has 0 radical (unpaired) electrons. The van der Waals surface area contributed by atoms with Crippen LogP contribution in [0.2, 0.25) is 0 Å². The van der Waals surface area contributed by atoms with E-state index in [0.29, 0.717) is 36.8 Å². The van der Waals surface area contributed by atoms with Gasteiger partial charge in [-0.3, -0.25) is 19.5 Å². The van der Waals surface area contributed by atoms with E-state index in [2.05, 4.69) is 14.9 Å². The summed E-state index contributed by atoms with van der Waals surface area (Å²) in [7, 11) is 1.68. The number of rotatable bonds is 5. The molecule has 0 aliphatic carbocycles. The number of methoxy groups -OCH3 is 1. The minimum atomic E-state index is -0.0385. The maximum Gasteiger partial charge on any atom is 0.274 e. The van der Waals surface area contributed by atoms with Gasteiger partial charge < -0.3 is 14.5 Å². The van der Waals surface area contributed by atoms with Crippen LogP contribution < -0.4 is 0 Å². The molecule has 4 aliphatic rings. The van der Waals surface area contributed by atoms with Gasteiger partial charge in [-0.15, -0.1) is 0 Å². The SMILES string of the molecule is COCCN1C(=O)[C@@H]2CC[C@H]1CN(C1CCN(C(=O)c3cnccn3)CC1)C2. The summed E-state index contributed by atoms with van der Waals surface area (Å²) in [5.41, 5.74) is 0.410. The number of ether oxygens (including phenoxy) is 1. The first-order valence-corrected chi connectivity index (χ1v) is 10.3. The summed E-state index contributed by atoms with van der Waals surface area (Å²) in [5, 5.41) is 0. The Hall–Kier alpha value is -2.06. The fraction of sp³-hybridized carbons (Fsp3) is 0.700. The number of carbonyl (C=O) groups is 2. The molecular weight excluding hydrogens is 358 g/mol. The molecule has 1 aromatic heterocycles. The van der Waals surface area contributed by atoms with Crippen molar-refractivity contribution in [1.29, 1.82) is 0 Å². The second-order valence-electron chi connectivity index (χ2n) is 8.02. The Morgan fingerprint density at radius 2 is 1.96 bits per heavy atom. The van der Waals surface area contributed by atoms with Crippen molar-refractivity contribution >= 4 is 11.8 Å². The van der Waals surface area contributed by atoms with Crippen LogP contribution in [-0.4, -0.2) is 95.0 Å². The molecule has 0 spiro atoms. The van der Waals surface area contributed by atoms with Gasteiger partial charge in [-0.2, -0.15) is 0 Å². The molecule has 2 bridgehead atoms. The van der Waals surface area contributed by atoms with Crippen molar-refractivity contribution < 1.29 is 14.3 Å². The third-order valence-corrected chi connectivity index (χ3v) is 6.41. The van der Waals surface area contributed by atoms with Crippen LogP contribution in [0.3, 0.4) is 0 Å². The van der Waals surface area contributed by atoms with Gasteiger partial charge in [0, 0.05) is 64.3 Å². The molecule has 5 heterocycles. The van der Waals surface area contributed by atoms with E-state index >= 15 is 0 Å². The zero-order valence-electron chi connectivity index (χ0n) is 16.5. The van der Waals surface area contributed by atoms with E-state index in [4.69, 9.17) is 4.74 Å². The Morgan fingerprint density at radius 3 is 2.68 bits per heavy atom. The Kier molecular flexibility index (Phi) is 5.87. The monoisotopic (exact) mass is 387 g/mol. The highest BCUT2D eigenvalue weighted by Crippen LogP contribution is 2.31. The number of amides is 2. The summed E-state index contributed by atoms with van der Waals surface area (Å²) >= 11 is 0. The van der Waals surface area contributed by atoms with E-state index in [1.54, 1.807) is 19.5 Å². The van der Waals surface area contributed by atoms with Crippen LogP contribution in [-0.2, 0) is 9.53 Å². The lowest BCUT2D eigenvalue weighted by Gasteiger charge is -2.39. The van der Waals surface area contributed by atoms with E-state index in [1.807, 2.05) is 9.80 Å². The Morgan fingerprint density at radius 1 is 1.14 bits per heavy atom. The van der Waals surface area contributed by atoms with Gasteiger partial charge in [0.25, 0.3) is 5.91 Å². The van der Waals surface area contributed by atoms with Crippen LogP contribution in [0.25, 0.3) is 0 Å². The van der Waals surface area contributed by atoms with Gasteiger partial charge in [-0.25, -0.2) is 4.98 Å². The van der Waals surface area contributed by atoms with Crippen LogP contribution in [0, 0.1) is 5.92 Å². The van der Waals surface area contributed by atoms with Crippen molar-refractivity contribution in [2.75, 3.05) is 46.4 Å². The number of hydrogen-bond donors (Lipinski definition) is 0. The van der Waals surface area contributed by atoms with Crippen LogP contribution >= 0.6 is 0 Å². The van der Waals surface area contributed by atoms with E-state index in [9.17, 15) is 9.59 Å². The second kappa shape index (κ2) is 8.53. The summed E-state index contributed by atoms with van der Waals surface area (Å²) in [6, 6.07) is 0.727. The molecule has 4 fully saturated rings. The van der Waals surface area contributed by atoms with E-state index < -0.39 is 0 Å². The van der Waals surface area contributed by atoms with Gasteiger partial charge in [0.1, 0.15) is 5.69 Å². The fourth-order valence-electron chi connectivity index (χ4n) is 4.86. The molecule has 5 rings (SSSR count). The number of nitrogens with zero attached hydrogens (tertiary/aromatic N) is 5. The predicted molar refractivity (Wildman–Crippen MR) is 103 cm³/mol. The number of carbonyl (C=O) groups excluding carboxylic acids is 2. The number of fused-ring (bicyclic) bond motifs is 4. The van der Waals surface area contributed by atoms with Crippen LogP contribution in [0.5, 0.6) is 0 Å². The summed E-state index contributed by atoms with van der Waals surface area (Å²) in [4.78, 5) is 40.0. The van der Waals surface area contributed by atoms with Crippen molar-refractivity contribution in [2.24, 2.45) is 5.92 Å². The topological polar surface area (TPSA) is 78.9 Å². The van der Waals surface area contributed by atoms with Crippen molar-refractivity contribution in [2.45, 2.75) is 37.8 Å². The second-order valence-corrected chi connectivity index (χ2v) is 8.02.